The maximum atomic E-state index is 12.1. The molecule has 1 aromatic rings. The second-order valence-electron chi connectivity index (χ2n) is 5.94. The molecule has 0 aromatic heterocycles. The van der Waals surface area contributed by atoms with E-state index in [1.54, 1.807) is 0 Å². The Bertz CT molecular complexity index is 439. The van der Waals surface area contributed by atoms with Gasteiger partial charge in [0.15, 0.2) is 5.78 Å². The van der Waals surface area contributed by atoms with E-state index in [1.165, 1.54) is 37.7 Å². The summed E-state index contributed by atoms with van der Waals surface area (Å²) >= 11 is 0. The molecular formula is C16H21NO. The molecule has 0 saturated heterocycles. The van der Waals surface area contributed by atoms with Gasteiger partial charge in [0, 0.05) is 5.56 Å². The van der Waals surface area contributed by atoms with E-state index >= 15 is 0 Å². The molecule has 2 aliphatic carbocycles. The molecule has 96 valence electrons. The second kappa shape index (κ2) is 4.51. The number of ketones is 1. The highest BCUT2D eigenvalue weighted by atomic mass is 16.1. The fourth-order valence-corrected chi connectivity index (χ4v) is 2.99. The molecule has 2 nitrogen and oxygen atoms in total. The lowest BCUT2D eigenvalue weighted by Gasteiger charge is -2.22. The molecule has 0 bridgehead atoms. The van der Waals surface area contributed by atoms with Crippen LogP contribution in [0, 0.1) is 0 Å². The summed E-state index contributed by atoms with van der Waals surface area (Å²) in [4.78, 5) is 12.1. The van der Waals surface area contributed by atoms with E-state index < -0.39 is 5.54 Å². The van der Waals surface area contributed by atoms with Crippen molar-refractivity contribution in [1.82, 2.24) is 0 Å². The van der Waals surface area contributed by atoms with Crippen molar-refractivity contribution >= 4 is 5.78 Å². The normalized spacial score (nSPS) is 22.7. The van der Waals surface area contributed by atoms with Crippen LogP contribution in [0.1, 0.15) is 66.8 Å². The quantitative estimate of drug-likeness (QED) is 0.827. The largest absolute Gasteiger partial charge is 0.319 e. The smallest absolute Gasteiger partial charge is 0.182 e. The minimum atomic E-state index is -0.535. The molecule has 0 atom stereocenters. The molecular weight excluding hydrogens is 222 g/mol. The summed E-state index contributed by atoms with van der Waals surface area (Å²) in [5.41, 5.74) is 7.60. The molecule has 2 fully saturated rings. The number of nitrogens with two attached hydrogens (primary N) is 1. The predicted molar refractivity (Wildman–Crippen MR) is 72.8 cm³/mol. The van der Waals surface area contributed by atoms with Crippen LogP contribution in [0.2, 0.25) is 0 Å². The minimum Gasteiger partial charge on any atom is -0.319 e. The fraction of sp³-hybridized carbons (Fsp3) is 0.562. The highest BCUT2D eigenvalue weighted by Crippen LogP contribution is 2.36. The summed E-state index contributed by atoms with van der Waals surface area (Å²) in [7, 11) is 0. The van der Waals surface area contributed by atoms with E-state index in [4.69, 9.17) is 5.73 Å². The third-order valence-corrected chi connectivity index (χ3v) is 4.49. The van der Waals surface area contributed by atoms with Crippen LogP contribution in [0.25, 0.3) is 0 Å². The number of Topliss-reactive ketones (excluding diaryl/α,β-unsaturated/α-hetero) is 1. The first-order valence-electron chi connectivity index (χ1n) is 7.13. The summed E-state index contributed by atoms with van der Waals surface area (Å²) < 4.78 is 0. The van der Waals surface area contributed by atoms with Crippen LogP contribution in [0.4, 0.5) is 0 Å². The summed E-state index contributed by atoms with van der Waals surface area (Å²) in [6, 6.07) is 8.21. The first kappa shape index (κ1) is 11.9. The third kappa shape index (κ3) is 2.22. The summed E-state index contributed by atoms with van der Waals surface area (Å²) in [6.07, 6.45) is 8.35. The number of carbonyl (C=O) groups excluding carboxylic acids is 1. The van der Waals surface area contributed by atoms with Crippen LogP contribution < -0.4 is 5.73 Å². The van der Waals surface area contributed by atoms with Crippen LogP contribution in [-0.2, 0) is 0 Å². The maximum Gasteiger partial charge on any atom is 0.182 e. The zero-order valence-electron chi connectivity index (χ0n) is 10.8. The molecule has 0 amide bonds. The van der Waals surface area contributed by atoms with Crippen LogP contribution in [-0.4, -0.2) is 11.3 Å². The van der Waals surface area contributed by atoms with Crippen molar-refractivity contribution < 1.29 is 4.79 Å². The summed E-state index contributed by atoms with van der Waals surface area (Å²) in [6.45, 7) is 0. The fourth-order valence-electron chi connectivity index (χ4n) is 2.99. The van der Waals surface area contributed by atoms with E-state index in [9.17, 15) is 4.79 Å². The zero-order valence-corrected chi connectivity index (χ0v) is 10.8. The van der Waals surface area contributed by atoms with Crippen molar-refractivity contribution in [2.24, 2.45) is 5.73 Å². The molecule has 3 rings (SSSR count). The van der Waals surface area contributed by atoms with E-state index in [1.807, 2.05) is 12.1 Å². The Morgan fingerprint density at radius 1 is 1.06 bits per heavy atom. The van der Waals surface area contributed by atoms with Gasteiger partial charge in [-0.2, -0.15) is 0 Å². The van der Waals surface area contributed by atoms with Gasteiger partial charge < -0.3 is 5.73 Å². The Labute approximate surface area is 109 Å². The van der Waals surface area contributed by atoms with Crippen LogP contribution in [0.5, 0.6) is 0 Å². The average Bonchev–Trinajstić information content (AvgIpc) is 3.18. The predicted octanol–water partition coefficient (Wildman–Crippen LogP) is 3.41. The number of hydrogen-bond acceptors (Lipinski definition) is 2. The monoisotopic (exact) mass is 243 g/mol. The highest BCUT2D eigenvalue weighted by molar-refractivity contribution is 6.05. The van der Waals surface area contributed by atoms with Crippen molar-refractivity contribution in [3.05, 3.63) is 35.4 Å². The Hall–Kier alpha value is -1.15. The molecule has 2 aliphatic rings. The maximum absolute atomic E-state index is 12.1. The second-order valence-corrected chi connectivity index (χ2v) is 5.94. The van der Waals surface area contributed by atoms with Gasteiger partial charge in [-0.15, -0.1) is 0 Å². The molecule has 2 heteroatoms. The number of hydrogen-bond donors (Lipinski definition) is 1. The van der Waals surface area contributed by atoms with Gasteiger partial charge in [0.05, 0.1) is 5.54 Å². The Morgan fingerprint density at radius 3 is 2.22 bits per heavy atom. The van der Waals surface area contributed by atoms with Crippen LogP contribution >= 0.6 is 0 Å². The number of carbonyl (C=O) groups is 1. The Kier molecular flexibility index (Phi) is 2.98. The van der Waals surface area contributed by atoms with Gasteiger partial charge in [-0.1, -0.05) is 43.5 Å². The lowest BCUT2D eigenvalue weighted by Crippen LogP contribution is -2.32. The minimum absolute atomic E-state index is 0.123. The van der Waals surface area contributed by atoms with E-state index in [0.29, 0.717) is 5.92 Å². The molecule has 2 saturated carbocycles. The van der Waals surface area contributed by atoms with Crippen LogP contribution in [0.3, 0.4) is 0 Å². The van der Waals surface area contributed by atoms with Gasteiger partial charge in [-0.3, -0.25) is 4.79 Å². The van der Waals surface area contributed by atoms with Crippen molar-refractivity contribution in [2.45, 2.75) is 56.4 Å². The van der Waals surface area contributed by atoms with Crippen molar-refractivity contribution in [2.75, 3.05) is 0 Å². The molecule has 0 spiro atoms. The Morgan fingerprint density at radius 2 is 1.67 bits per heavy atom. The van der Waals surface area contributed by atoms with Gasteiger partial charge in [-0.05, 0) is 37.2 Å². The molecule has 0 radical (unpaired) electrons. The standard InChI is InChI=1S/C16H21NO/c17-16(10-11-16)15(18)14-8-6-13(7-9-14)12-4-2-1-3-5-12/h6-9,12H,1-5,10-11,17H2. The van der Waals surface area contributed by atoms with Gasteiger partial charge in [0.2, 0.25) is 0 Å². The highest BCUT2D eigenvalue weighted by Gasteiger charge is 2.45. The topological polar surface area (TPSA) is 43.1 Å². The first-order valence-corrected chi connectivity index (χ1v) is 7.13. The first-order chi connectivity index (χ1) is 8.69. The van der Waals surface area contributed by atoms with Gasteiger partial charge in [-0.25, -0.2) is 0 Å². The molecule has 0 aliphatic heterocycles. The zero-order chi connectivity index (χ0) is 12.6. The van der Waals surface area contributed by atoms with E-state index in [2.05, 4.69) is 12.1 Å². The summed E-state index contributed by atoms with van der Waals surface area (Å²) in [5.74, 6) is 0.827. The van der Waals surface area contributed by atoms with Crippen molar-refractivity contribution in [1.29, 1.82) is 0 Å². The molecule has 1 aromatic carbocycles. The van der Waals surface area contributed by atoms with Crippen molar-refractivity contribution in [3.63, 3.8) is 0 Å². The Balaban J connectivity index is 1.74. The molecule has 18 heavy (non-hydrogen) atoms. The number of rotatable bonds is 3. The average molecular weight is 243 g/mol. The van der Waals surface area contributed by atoms with E-state index in [0.717, 1.165) is 18.4 Å². The molecule has 0 unspecified atom stereocenters. The summed E-state index contributed by atoms with van der Waals surface area (Å²) in [5, 5.41) is 0. The van der Waals surface area contributed by atoms with Gasteiger partial charge in [0.1, 0.15) is 0 Å². The van der Waals surface area contributed by atoms with Crippen molar-refractivity contribution in [3.8, 4) is 0 Å². The number of benzene rings is 1. The van der Waals surface area contributed by atoms with Gasteiger partial charge >= 0.3 is 0 Å². The lowest BCUT2D eigenvalue weighted by atomic mass is 9.83. The molecule has 2 N–H and O–H groups in total. The van der Waals surface area contributed by atoms with Gasteiger partial charge in [0.25, 0.3) is 0 Å². The van der Waals surface area contributed by atoms with Crippen LogP contribution in [0.15, 0.2) is 24.3 Å². The van der Waals surface area contributed by atoms with E-state index in [-0.39, 0.29) is 5.78 Å². The third-order valence-electron chi connectivity index (χ3n) is 4.49. The lowest BCUT2D eigenvalue weighted by molar-refractivity contribution is 0.0949. The molecule has 0 heterocycles. The SMILES string of the molecule is NC1(C(=O)c2ccc(C3CCCCC3)cc2)CC1.